The van der Waals surface area contributed by atoms with Gasteiger partial charge in [0, 0.05) is 48.8 Å². The van der Waals surface area contributed by atoms with E-state index in [4.69, 9.17) is 9.97 Å². The van der Waals surface area contributed by atoms with Crippen molar-refractivity contribution in [2.24, 2.45) is 0 Å². The minimum absolute atomic E-state index is 0.642. The van der Waals surface area contributed by atoms with Crippen molar-refractivity contribution >= 4 is 55.4 Å². The van der Waals surface area contributed by atoms with Crippen molar-refractivity contribution < 1.29 is 0 Å². The largest absolute Gasteiger partial charge is 0.309 e. The Morgan fingerprint density at radius 3 is 1.88 bits per heavy atom. The molecule has 278 valence electrons. The molecule has 1 atom stereocenters. The molecule has 0 N–H and O–H groups in total. The van der Waals surface area contributed by atoms with Crippen molar-refractivity contribution in [1.82, 2.24) is 19.1 Å². The van der Waals surface area contributed by atoms with Crippen LogP contribution >= 0.6 is 11.8 Å². The maximum Gasteiger partial charge on any atom is 0.0991 e. The van der Waals surface area contributed by atoms with Crippen molar-refractivity contribution in [3.05, 3.63) is 216 Å². The molecular formula is C54H31N5S. The van der Waals surface area contributed by atoms with E-state index in [1.807, 2.05) is 42.4 Å². The van der Waals surface area contributed by atoms with Crippen molar-refractivity contribution in [3.63, 3.8) is 0 Å². The molecule has 0 saturated heterocycles. The normalized spacial score (nSPS) is 15.0. The van der Waals surface area contributed by atoms with Crippen molar-refractivity contribution in [2.75, 3.05) is 0 Å². The van der Waals surface area contributed by atoms with Gasteiger partial charge in [-0.3, -0.25) is 9.97 Å². The minimum atomic E-state index is -0.642. The van der Waals surface area contributed by atoms with E-state index < -0.39 is 5.41 Å². The number of para-hydroxylation sites is 3. The first kappa shape index (κ1) is 33.3. The van der Waals surface area contributed by atoms with Crippen LogP contribution in [0.2, 0.25) is 0 Å². The molecule has 0 saturated carbocycles. The smallest absolute Gasteiger partial charge is 0.0991 e. The predicted octanol–water partition coefficient (Wildman–Crippen LogP) is 13.0. The summed E-state index contributed by atoms with van der Waals surface area (Å²) in [7, 11) is 0. The van der Waals surface area contributed by atoms with E-state index in [0.29, 0.717) is 5.56 Å². The number of fused-ring (bicyclic) bond motifs is 15. The first-order chi connectivity index (χ1) is 29.7. The highest BCUT2D eigenvalue weighted by Crippen LogP contribution is 2.62. The molecule has 2 aliphatic rings. The third-order valence-corrected chi connectivity index (χ3v) is 13.8. The molecular weight excluding hydrogens is 751 g/mol. The maximum atomic E-state index is 9.90. The zero-order chi connectivity index (χ0) is 39.5. The van der Waals surface area contributed by atoms with E-state index in [9.17, 15) is 5.26 Å². The fourth-order valence-electron chi connectivity index (χ4n) is 10.2. The Balaban J connectivity index is 1.04. The van der Waals surface area contributed by atoms with E-state index >= 15 is 0 Å². The Labute approximate surface area is 349 Å². The van der Waals surface area contributed by atoms with Crippen LogP contribution in [0.25, 0.3) is 77.5 Å². The van der Waals surface area contributed by atoms with Crippen LogP contribution in [-0.4, -0.2) is 19.1 Å². The molecule has 7 aromatic carbocycles. The number of benzene rings is 7. The summed E-state index contributed by atoms with van der Waals surface area (Å²) in [5.74, 6) is 0. The summed E-state index contributed by atoms with van der Waals surface area (Å²) in [6.07, 6.45) is 3.91. The SMILES string of the molecule is N#Cc1ccc2c(c1)c1cc(-c3ccc4c(c3)Sc3ccccc3C43c4cccnc4-c4ncc(-n5c6ccccc6c6ccccc65)cc43)ccc1n2-c1ccccc1. The van der Waals surface area contributed by atoms with Gasteiger partial charge < -0.3 is 9.13 Å². The van der Waals surface area contributed by atoms with Crippen molar-refractivity contribution in [1.29, 1.82) is 5.26 Å². The minimum Gasteiger partial charge on any atom is -0.309 e. The van der Waals surface area contributed by atoms with Gasteiger partial charge in [-0.05, 0) is 107 Å². The van der Waals surface area contributed by atoms with E-state index in [1.165, 1.54) is 31.7 Å². The van der Waals surface area contributed by atoms with Gasteiger partial charge in [0.25, 0.3) is 0 Å². The standard InChI is InChI=1S/C54H31N5S/c55-31-33-20-24-48-40(27-33)41-28-34(22-25-49(41)58(48)36-11-2-1-3-12-36)35-21-23-43-51(29-35)60-50-19-9-6-15-42(50)54(43)44-16-10-26-56-52(44)53-45(54)30-37(32-57-53)59-46-17-7-4-13-38(46)39-14-5-8-18-47(39)59/h1-30,32H. The van der Waals surface area contributed by atoms with Gasteiger partial charge in [0.15, 0.2) is 0 Å². The zero-order valence-electron chi connectivity index (χ0n) is 32.0. The van der Waals surface area contributed by atoms with Crippen LogP contribution in [0, 0.1) is 11.3 Å². The molecule has 0 fully saturated rings. The quantitative estimate of drug-likeness (QED) is 0.179. The Bertz CT molecular complexity index is 3610. The van der Waals surface area contributed by atoms with Crippen LogP contribution < -0.4 is 0 Å². The number of pyridine rings is 2. The van der Waals surface area contributed by atoms with E-state index in [1.54, 1.807) is 0 Å². The predicted molar refractivity (Wildman–Crippen MR) is 242 cm³/mol. The highest BCUT2D eigenvalue weighted by molar-refractivity contribution is 7.99. The summed E-state index contributed by atoms with van der Waals surface area (Å²) >= 11 is 1.83. The van der Waals surface area contributed by atoms with Gasteiger partial charge in [-0.2, -0.15) is 5.26 Å². The van der Waals surface area contributed by atoms with Gasteiger partial charge in [0.1, 0.15) is 0 Å². The van der Waals surface area contributed by atoms with Gasteiger partial charge in [0.05, 0.1) is 62.4 Å². The van der Waals surface area contributed by atoms with Gasteiger partial charge in [-0.25, -0.2) is 0 Å². The fourth-order valence-corrected chi connectivity index (χ4v) is 11.5. The summed E-state index contributed by atoms with van der Waals surface area (Å²) in [5.41, 5.74) is 15.5. The molecule has 11 aromatic rings. The molecule has 5 nitrogen and oxygen atoms in total. The zero-order valence-corrected chi connectivity index (χ0v) is 32.9. The molecule has 0 amide bonds. The third-order valence-electron chi connectivity index (χ3n) is 12.7. The summed E-state index contributed by atoms with van der Waals surface area (Å²) in [6.45, 7) is 0. The number of nitrogens with zero attached hydrogens (tertiary/aromatic N) is 5. The topological polar surface area (TPSA) is 59.4 Å². The first-order valence-corrected chi connectivity index (χ1v) is 20.9. The molecule has 4 aromatic heterocycles. The highest BCUT2D eigenvalue weighted by Gasteiger charge is 2.51. The lowest BCUT2D eigenvalue weighted by Crippen LogP contribution is -2.32. The third kappa shape index (κ3) is 4.42. The number of hydrogen-bond donors (Lipinski definition) is 0. The van der Waals surface area contributed by atoms with Crippen LogP contribution in [0.3, 0.4) is 0 Å². The molecule has 1 spiro atoms. The fraction of sp³-hybridized carbons (Fsp3) is 0.0185. The average molecular weight is 782 g/mol. The molecule has 0 bridgehead atoms. The van der Waals surface area contributed by atoms with Crippen molar-refractivity contribution in [2.45, 2.75) is 15.2 Å². The van der Waals surface area contributed by atoms with Gasteiger partial charge in [-0.1, -0.05) is 109 Å². The van der Waals surface area contributed by atoms with Crippen LogP contribution in [0.1, 0.15) is 27.8 Å². The first-order valence-electron chi connectivity index (χ1n) is 20.1. The van der Waals surface area contributed by atoms with E-state index in [-0.39, 0.29) is 0 Å². The Morgan fingerprint density at radius 2 is 1.07 bits per heavy atom. The second kappa shape index (κ2) is 12.4. The number of aromatic nitrogens is 4. The molecule has 1 aliphatic carbocycles. The summed E-state index contributed by atoms with van der Waals surface area (Å²) in [6, 6.07) is 65.4. The lowest BCUT2D eigenvalue weighted by molar-refractivity contribution is 0.719. The number of nitriles is 1. The Hall–Kier alpha value is -7.72. The van der Waals surface area contributed by atoms with Crippen LogP contribution in [0.15, 0.2) is 198 Å². The van der Waals surface area contributed by atoms with Gasteiger partial charge in [0.2, 0.25) is 0 Å². The van der Waals surface area contributed by atoms with Crippen molar-refractivity contribution in [3.8, 4) is 40.0 Å². The molecule has 1 aliphatic heterocycles. The monoisotopic (exact) mass is 781 g/mol. The average Bonchev–Trinajstić information content (AvgIpc) is 3.93. The molecule has 13 rings (SSSR count). The van der Waals surface area contributed by atoms with E-state index in [2.05, 4.69) is 173 Å². The van der Waals surface area contributed by atoms with Crippen LogP contribution in [-0.2, 0) is 5.41 Å². The molecule has 6 heteroatoms. The Kier molecular flexibility index (Phi) is 6.87. The summed E-state index contributed by atoms with van der Waals surface area (Å²) in [4.78, 5) is 12.8. The highest BCUT2D eigenvalue weighted by atomic mass is 32.2. The van der Waals surface area contributed by atoms with Gasteiger partial charge >= 0.3 is 0 Å². The van der Waals surface area contributed by atoms with Crippen LogP contribution in [0.4, 0.5) is 0 Å². The van der Waals surface area contributed by atoms with Gasteiger partial charge in [-0.15, -0.1) is 0 Å². The second-order valence-corrected chi connectivity index (χ2v) is 16.7. The summed E-state index contributed by atoms with van der Waals surface area (Å²) < 4.78 is 4.66. The lowest BCUT2D eigenvalue weighted by atomic mass is 9.67. The summed E-state index contributed by atoms with van der Waals surface area (Å²) in [5, 5.41) is 14.5. The molecule has 5 heterocycles. The maximum absolute atomic E-state index is 9.90. The Morgan fingerprint density at radius 1 is 0.450 bits per heavy atom. The molecule has 0 radical (unpaired) electrons. The molecule has 60 heavy (non-hydrogen) atoms. The molecule has 1 unspecified atom stereocenters. The second-order valence-electron chi connectivity index (χ2n) is 15.7. The van der Waals surface area contributed by atoms with Crippen LogP contribution in [0.5, 0.6) is 0 Å². The number of hydrogen-bond acceptors (Lipinski definition) is 4. The lowest BCUT2D eigenvalue weighted by Gasteiger charge is -2.39. The van der Waals surface area contributed by atoms with E-state index in [0.717, 1.165) is 77.9 Å². The number of rotatable bonds is 3.